The van der Waals surface area contributed by atoms with Crippen molar-refractivity contribution in [3.8, 4) is 0 Å². The van der Waals surface area contributed by atoms with Crippen molar-refractivity contribution in [2.75, 3.05) is 6.54 Å². The normalized spacial score (nSPS) is 16.9. The van der Waals surface area contributed by atoms with Gasteiger partial charge in [-0.3, -0.25) is 10.1 Å². The van der Waals surface area contributed by atoms with Crippen LogP contribution in [0.4, 0.5) is 0 Å². The summed E-state index contributed by atoms with van der Waals surface area (Å²) in [6.07, 6.45) is 0.557. The van der Waals surface area contributed by atoms with Gasteiger partial charge in [0.2, 0.25) is 6.54 Å². The lowest BCUT2D eigenvalue weighted by molar-refractivity contribution is -0.490. The monoisotopic (exact) mass is 348 g/mol. The molecule has 1 unspecified atom stereocenters. The van der Waals surface area contributed by atoms with E-state index >= 15 is 0 Å². The van der Waals surface area contributed by atoms with Crippen LogP contribution in [0.3, 0.4) is 0 Å². The van der Waals surface area contributed by atoms with Crippen molar-refractivity contribution < 1.29 is 23.0 Å². The van der Waals surface area contributed by atoms with Crippen LogP contribution in [0.25, 0.3) is 0 Å². The molecule has 1 atom stereocenters. The molecule has 0 saturated heterocycles. The van der Waals surface area contributed by atoms with Crippen molar-refractivity contribution in [2.45, 2.75) is 16.9 Å². The van der Waals surface area contributed by atoms with Gasteiger partial charge in [0.1, 0.15) is 6.10 Å². The van der Waals surface area contributed by atoms with Crippen LogP contribution in [0, 0.1) is 10.1 Å². The van der Waals surface area contributed by atoms with E-state index in [2.05, 4.69) is 4.98 Å². The molecule has 0 aliphatic carbocycles. The van der Waals surface area contributed by atoms with E-state index in [0.29, 0.717) is 16.6 Å². The first-order valence-electron chi connectivity index (χ1n) is 7.08. The quantitative estimate of drug-likeness (QED) is 0.462. The average Bonchev–Trinajstić information content (AvgIpc) is 2.83. The second-order valence-electron chi connectivity index (χ2n) is 5.38. The number of nitrogens with zero attached hydrogens (tertiary/aromatic N) is 2. The molecule has 1 aromatic carbocycles. The van der Waals surface area contributed by atoms with Crippen LogP contribution in [-0.2, 0) is 20.2 Å². The molecular formula is C14H13BN2O6S. The SMILES string of the molecule is O=[N+]([O-])CC1OB(O)c2cc(CS(=O)(=O)c3ccccn3)ccc21. The van der Waals surface area contributed by atoms with Crippen LogP contribution in [0.2, 0.25) is 0 Å². The minimum absolute atomic E-state index is 0.0338. The number of fused-ring (bicyclic) bond motifs is 1. The zero-order valence-corrected chi connectivity index (χ0v) is 13.2. The number of sulfone groups is 1. The van der Waals surface area contributed by atoms with Crippen LogP contribution < -0.4 is 5.46 Å². The van der Waals surface area contributed by atoms with Gasteiger partial charge in [-0.25, -0.2) is 13.4 Å². The topological polar surface area (TPSA) is 120 Å². The van der Waals surface area contributed by atoms with E-state index in [0.717, 1.165) is 0 Å². The molecule has 3 rings (SSSR count). The molecule has 0 spiro atoms. The highest BCUT2D eigenvalue weighted by molar-refractivity contribution is 7.90. The Labute approximate surface area is 138 Å². The Morgan fingerprint density at radius 3 is 2.79 bits per heavy atom. The summed E-state index contributed by atoms with van der Waals surface area (Å²) in [4.78, 5) is 14.0. The van der Waals surface area contributed by atoms with Crippen molar-refractivity contribution in [3.05, 3.63) is 63.8 Å². The van der Waals surface area contributed by atoms with Crippen molar-refractivity contribution in [3.63, 3.8) is 0 Å². The number of nitro groups is 1. The molecule has 2 heterocycles. The van der Waals surface area contributed by atoms with E-state index in [1.165, 1.54) is 18.3 Å². The molecule has 24 heavy (non-hydrogen) atoms. The van der Waals surface area contributed by atoms with Gasteiger partial charge < -0.3 is 9.68 Å². The van der Waals surface area contributed by atoms with E-state index in [4.69, 9.17) is 4.65 Å². The summed E-state index contributed by atoms with van der Waals surface area (Å²) in [6, 6.07) is 9.24. The number of pyridine rings is 1. The Kier molecular flexibility index (Phi) is 4.35. The van der Waals surface area contributed by atoms with Gasteiger partial charge in [0.05, 0.1) is 5.75 Å². The first kappa shape index (κ1) is 16.6. The Balaban J connectivity index is 1.87. The van der Waals surface area contributed by atoms with Crippen LogP contribution in [0.15, 0.2) is 47.6 Å². The van der Waals surface area contributed by atoms with Gasteiger partial charge in [0.25, 0.3) is 0 Å². The van der Waals surface area contributed by atoms with E-state index in [9.17, 15) is 23.6 Å². The molecule has 10 heteroatoms. The number of hydrogen-bond donors (Lipinski definition) is 1. The highest BCUT2D eigenvalue weighted by atomic mass is 32.2. The first-order valence-corrected chi connectivity index (χ1v) is 8.74. The molecule has 1 aromatic heterocycles. The highest BCUT2D eigenvalue weighted by Crippen LogP contribution is 2.25. The number of aromatic nitrogens is 1. The van der Waals surface area contributed by atoms with Crippen molar-refractivity contribution >= 4 is 22.4 Å². The maximum absolute atomic E-state index is 12.3. The molecule has 0 saturated carbocycles. The van der Waals surface area contributed by atoms with Crippen LogP contribution >= 0.6 is 0 Å². The first-order chi connectivity index (χ1) is 11.4. The van der Waals surface area contributed by atoms with E-state index in [1.807, 2.05) is 0 Å². The zero-order chi connectivity index (χ0) is 17.3. The minimum Gasteiger partial charge on any atom is -0.423 e. The smallest absolute Gasteiger partial charge is 0.423 e. The fourth-order valence-corrected chi connectivity index (χ4v) is 3.90. The summed E-state index contributed by atoms with van der Waals surface area (Å²) in [5.74, 6) is -0.288. The standard InChI is InChI=1S/C14H13BN2O6S/c18-15-12-7-10(4-5-11(12)13(23-15)8-17(19)20)9-24(21,22)14-3-1-2-6-16-14/h1-7,13,18H,8-9H2. The number of benzene rings is 1. The van der Waals surface area contributed by atoms with E-state index in [-0.39, 0.29) is 10.8 Å². The number of hydrogen-bond acceptors (Lipinski definition) is 7. The fourth-order valence-electron chi connectivity index (χ4n) is 2.62. The average molecular weight is 348 g/mol. The lowest BCUT2D eigenvalue weighted by Gasteiger charge is -2.08. The predicted molar refractivity (Wildman–Crippen MR) is 84.9 cm³/mol. The summed E-state index contributed by atoms with van der Waals surface area (Å²) >= 11 is 0. The summed E-state index contributed by atoms with van der Waals surface area (Å²) in [6.45, 7) is -0.463. The van der Waals surface area contributed by atoms with Gasteiger partial charge in [-0.1, -0.05) is 24.3 Å². The number of rotatable bonds is 5. The van der Waals surface area contributed by atoms with E-state index < -0.39 is 34.5 Å². The molecule has 1 aliphatic heterocycles. The highest BCUT2D eigenvalue weighted by Gasteiger charge is 2.38. The largest absolute Gasteiger partial charge is 0.492 e. The summed E-state index contributed by atoms with van der Waals surface area (Å²) in [7, 11) is -4.93. The van der Waals surface area contributed by atoms with E-state index in [1.54, 1.807) is 24.3 Å². The predicted octanol–water partition coefficient (Wildman–Crippen LogP) is 0.0910. The Hall–Kier alpha value is -2.30. The van der Waals surface area contributed by atoms with Crippen molar-refractivity contribution in [1.29, 1.82) is 0 Å². The van der Waals surface area contributed by atoms with Gasteiger partial charge in [-0.05, 0) is 28.7 Å². The third kappa shape index (κ3) is 3.30. The van der Waals surface area contributed by atoms with Gasteiger partial charge >= 0.3 is 7.12 Å². The summed E-state index contributed by atoms with van der Waals surface area (Å²) in [5, 5.41) is 20.5. The fraction of sp³-hybridized carbons (Fsp3) is 0.214. The lowest BCUT2D eigenvalue weighted by Crippen LogP contribution is -2.28. The Morgan fingerprint density at radius 2 is 2.12 bits per heavy atom. The second kappa shape index (κ2) is 6.31. The van der Waals surface area contributed by atoms with Gasteiger partial charge in [0, 0.05) is 11.1 Å². The maximum atomic E-state index is 12.3. The van der Waals surface area contributed by atoms with Crippen LogP contribution in [-0.4, -0.2) is 37.0 Å². The lowest BCUT2D eigenvalue weighted by atomic mass is 9.78. The van der Waals surface area contributed by atoms with Crippen molar-refractivity contribution in [1.82, 2.24) is 4.98 Å². The molecule has 0 bridgehead atoms. The molecule has 0 radical (unpaired) electrons. The molecular weight excluding hydrogens is 335 g/mol. The Morgan fingerprint density at radius 1 is 1.33 bits per heavy atom. The second-order valence-corrected chi connectivity index (χ2v) is 7.32. The minimum atomic E-state index is -3.62. The van der Waals surface area contributed by atoms with Gasteiger partial charge in [0.15, 0.2) is 14.9 Å². The molecule has 1 aliphatic rings. The van der Waals surface area contributed by atoms with Crippen LogP contribution in [0.5, 0.6) is 0 Å². The summed E-state index contributed by atoms with van der Waals surface area (Å²) in [5.41, 5.74) is 1.30. The molecule has 2 aromatic rings. The van der Waals surface area contributed by atoms with Crippen molar-refractivity contribution in [2.24, 2.45) is 0 Å². The molecule has 8 nitrogen and oxygen atoms in total. The van der Waals surface area contributed by atoms with Crippen LogP contribution in [0.1, 0.15) is 17.2 Å². The molecule has 0 amide bonds. The molecule has 124 valence electrons. The third-order valence-corrected chi connectivity index (χ3v) is 5.28. The molecule has 1 N–H and O–H groups in total. The zero-order valence-electron chi connectivity index (χ0n) is 12.4. The van der Waals surface area contributed by atoms with Gasteiger partial charge in [-0.2, -0.15) is 0 Å². The molecule has 0 fully saturated rings. The maximum Gasteiger partial charge on any atom is 0.492 e. The summed E-state index contributed by atoms with van der Waals surface area (Å²) < 4.78 is 29.9. The third-order valence-electron chi connectivity index (χ3n) is 3.69. The van der Waals surface area contributed by atoms with Gasteiger partial charge in [-0.15, -0.1) is 0 Å². The Bertz CT molecular complexity index is 874.